The Balaban J connectivity index is 2.23. The first kappa shape index (κ1) is 12.3. The molecule has 1 atom stereocenters. The van der Waals surface area contributed by atoms with E-state index in [9.17, 15) is 0 Å². The molecular weight excluding hydrogens is 188 g/mol. The summed E-state index contributed by atoms with van der Waals surface area (Å²) in [6, 6.07) is 4.52. The maximum atomic E-state index is 5.34. The van der Waals surface area contributed by atoms with Crippen LogP contribution in [0.25, 0.3) is 0 Å². The second-order valence-corrected chi connectivity index (χ2v) is 4.07. The smallest absolute Gasteiger partial charge is 0.105 e. The molecule has 3 heteroatoms. The fourth-order valence-electron chi connectivity index (χ4n) is 1.60. The van der Waals surface area contributed by atoms with E-state index in [4.69, 9.17) is 4.42 Å². The highest BCUT2D eigenvalue weighted by atomic mass is 16.3. The van der Waals surface area contributed by atoms with E-state index in [2.05, 4.69) is 24.2 Å². The minimum Gasteiger partial charge on any atom is -0.469 e. The number of hydrogen-bond acceptors (Lipinski definition) is 3. The second kappa shape index (κ2) is 6.64. The van der Waals surface area contributed by atoms with Crippen LogP contribution in [-0.4, -0.2) is 38.1 Å². The Morgan fingerprint density at radius 1 is 1.53 bits per heavy atom. The van der Waals surface area contributed by atoms with E-state index < -0.39 is 0 Å². The van der Waals surface area contributed by atoms with Gasteiger partial charge in [0.25, 0.3) is 0 Å². The van der Waals surface area contributed by atoms with Gasteiger partial charge in [0.1, 0.15) is 5.76 Å². The first-order valence-corrected chi connectivity index (χ1v) is 5.61. The van der Waals surface area contributed by atoms with Crippen molar-refractivity contribution < 1.29 is 4.42 Å². The van der Waals surface area contributed by atoms with E-state index >= 15 is 0 Å². The summed E-state index contributed by atoms with van der Waals surface area (Å²) in [6.07, 6.45) is 3.92. The SMILES string of the molecule is CNCCCN(C)C(C)Cc1ccco1. The van der Waals surface area contributed by atoms with Gasteiger partial charge in [-0.1, -0.05) is 0 Å². The van der Waals surface area contributed by atoms with Crippen LogP contribution < -0.4 is 5.32 Å². The van der Waals surface area contributed by atoms with Crippen molar-refractivity contribution in [1.29, 1.82) is 0 Å². The fraction of sp³-hybridized carbons (Fsp3) is 0.667. The molecule has 0 bridgehead atoms. The minimum absolute atomic E-state index is 0.535. The molecule has 0 amide bonds. The molecule has 0 radical (unpaired) electrons. The van der Waals surface area contributed by atoms with Gasteiger partial charge in [-0.3, -0.25) is 0 Å². The van der Waals surface area contributed by atoms with Gasteiger partial charge in [0.15, 0.2) is 0 Å². The predicted molar refractivity (Wildman–Crippen MR) is 63.0 cm³/mol. The molecule has 0 aliphatic rings. The van der Waals surface area contributed by atoms with Crippen LogP contribution in [0.3, 0.4) is 0 Å². The standard InChI is InChI=1S/C12H22N2O/c1-11(10-12-6-4-9-15-12)14(3)8-5-7-13-2/h4,6,9,11,13H,5,7-8,10H2,1-3H3. The Labute approximate surface area is 92.5 Å². The van der Waals surface area contributed by atoms with Gasteiger partial charge in [-0.2, -0.15) is 0 Å². The molecule has 0 fully saturated rings. The molecule has 0 aliphatic heterocycles. The molecule has 86 valence electrons. The molecule has 0 saturated heterocycles. The fourth-order valence-corrected chi connectivity index (χ4v) is 1.60. The topological polar surface area (TPSA) is 28.4 Å². The normalized spacial score (nSPS) is 13.3. The lowest BCUT2D eigenvalue weighted by molar-refractivity contribution is 0.244. The van der Waals surface area contributed by atoms with Gasteiger partial charge in [-0.15, -0.1) is 0 Å². The number of rotatable bonds is 7. The Kier molecular flexibility index (Phi) is 5.43. The maximum absolute atomic E-state index is 5.34. The van der Waals surface area contributed by atoms with Gasteiger partial charge < -0.3 is 14.6 Å². The summed E-state index contributed by atoms with van der Waals surface area (Å²) in [4.78, 5) is 2.37. The average Bonchev–Trinajstić information content (AvgIpc) is 2.70. The molecule has 1 heterocycles. The van der Waals surface area contributed by atoms with E-state index in [-0.39, 0.29) is 0 Å². The number of likely N-dealkylation sites (N-methyl/N-ethyl adjacent to an activating group) is 1. The number of furan rings is 1. The third kappa shape index (κ3) is 4.49. The number of nitrogens with zero attached hydrogens (tertiary/aromatic N) is 1. The van der Waals surface area contributed by atoms with Crippen molar-refractivity contribution in [3.63, 3.8) is 0 Å². The van der Waals surface area contributed by atoms with Gasteiger partial charge in [-0.25, -0.2) is 0 Å². The largest absolute Gasteiger partial charge is 0.469 e. The van der Waals surface area contributed by atoms with Crippen LogP contribution in [0.2, 0.25) is 0 Å². The van der Waals surface area contributed by atoms with Crippen LogP contribution >= 0.6 is 0 Å². The van der Waals surface area contributed by atoms with Crippen LogP contribution in [0.5, 0.6) is 0 Å². The van der Waals surface area contributed by atoms with Gasteiger partial charge >= 0.3 is 0 Å². The monoisotopic (exact) mass is 210 g/mol. The quantitative estimate of drug-likeness (QED) is 0.695. The molecule has 1 unspecified atom stereocenters. The van der Waals surface area contributed by atoms with Gasteiger partial charge in [-0.05, 0) is 52.7 Å². The molecular formula is C12H22N2O. The van der Waals surface area contributed by atoms with Crippen LogP contribution in [0.1, 0.15) is 19.1 Å². The second-order valence-electron chi connectivity index (χ2n) is 4.07. The molecule has 1 aromatic rings. The zero-order valence-electron chi connectivity index (χ0n) is 9.99. The van der Waals surface area contributed by atoms with Crippen molar-refractivity contribution >= 4 is 0 Å². The van der Waals surface area contributed by atoms with Crippen LogP contribution in [0, 0.1) is 0 Å². The van der Waals surface area contributed by atoms with Gasteiger partial charge in [0, 0.05) is 12.5 Å². The molecule has 15 heavy (non-hydrogen) atoms. The lowest BCUT2D eigenvalue weighted by Crippen LogP contribution is -2.32. The van der Waals surface area contributed by atoms with E-state index in [0.29, 0.717) is 6.04 Å². The molecule has 1 rings (SSSR count). The molecule has 0 saturated carbocycles. The summed E-state index contributed by atoms with van der Waals surface area (Å²) in [5.41, 5.74) is 0. The van der Waals surface area contributed by atoms with Gasteiger partial charge in [0.05, 0.1) is 6.26 Å². The zero-order chi connectivity index (χ0) is 11.1. The highest BCUT2D eigenvalue weighted by Crippen LogP contribution is 2.08. The summed E-state index contributed by atoms with van der Waals surface area (Å²) in [5.74, 6) is 1.07. The van der Waals surface area contributed by atoms with Gasteiger partial charge in [0.2, 0.25) is 0 Å². The molecule has 1 N–H and O–H groups in total. The Bertz CT molecular complexity index is 246. The first-order chi connectivity index (χ1) is 7.24. The van der Waals surface area contributed by atoms with Crippen LogP contribution in [0.4, 0.5) is 0 Å². The predicted octanol–water partition coefficient (Wildman–Crippen LogP) is 1.75. The third-order valence-corrected chi connectivity index (χ3v) is 2.77. The van der Waals surface area contributed by atoms with Crippen molar-refractivity contribution in [2.75, 3.05) is 27.2 Å². The number of nitrogens with one attached hydrogen (secondary N) is 1. The Morgan fingerprint density at radius 2 is 2.33 bits per heavy atom. The van der Waals surface area contributed by atoms with Crippen molar-refractivity contribution in [3.05, 3.63) is 24.2 Å². The maximum Gasteiger partial charge on any atom is 0.105 e. The molecule has 0 aromatic carbocycles. The number of hydrogen-bond donors (Lipinski definition) is 1. The lowest BCUT2D eigenvalue weighted by Gasteiger charge is -2.23. The van der Waals surface area contributed by atoms with E-state index in [1.54, 1.807) is 6.26 Å². The Hall–Kier alpha value is -0.800. The molecule has 1 aromatic heterocycles. The van der Waals surface area contributed by atoms with E-state index in [1.807, 2.05) is 19.2 Å². The summed E-state index contributed by atoms with van der Waals surface area (Å²) in [7, 11) is 4.16. The molecule has 3 nitrogen and oxygen atoms in total. The Morgan fingerprint density at radius 3 is 2.93 bits per heavy atom. The summed E-state index contributed by atoms with van der Waals surface area (Å²) in [5, 5.41) is 3.16. The van der Waals surface area contributed by atoms with E-state index in [1.165, 1.54) is 6.42 Å². The van der Waals surface area contributed by atoms with Crippen molar-refractivity contribution in [2.45, 2.75) is 25.8 Å². The highest BCUT2D eigenvalue weighted by Gasteiger charge is 2.10. The summed E-state index contributed by atoms with van der Waals surface area (Å²) in [6.45, 7) is 4.45. The third-order valence-electron chi connectivity index (χ3n) is 2.77. The van der Waals surface area contributed by atoms with Crippen molar-refractivity contribution in [2.24, 2.45) is 0 Å². The summed E-state index contributed by atoms with van der Waals surface area (Å²) < 4.78 is 5.34. The highest BCUT2D eigenvalue weighted by molar-refractivity contribution is 4.99. The molecule has 0 spiro atoms. The first-order valence-electron chi connectivity index (χ1n) is 5.61. The van der Waals surface area contributed by atoms with E-state index in [0.717, 1.165) is 25.3 Å². The van der Waals surface area contributed by atoms with Crippen molar-refractivity contribution in [3.8, 4) is 0 Å². The van der Waals surface area contributed by atoms with Crippen molar-refractivity contribution in [1.82, 2.24) is 10.2 Å². The average molecular weight is 210 g/mol. The zero-order valence-corrected chi connectivity index (χ0v) is 9.99. The van der Waals surface area contributed by atoms with Crippen LogP contribution in [-0.2, 0) is 6.42 Å². The lowest BCUT2D eigenvalue weighted by atomic mass is 10.1. The minimum atomic E-state index is 0.535. The van der Waals surface area contributed by atoms with Crippen LogP contribution in [0.15, 0.2) is 22.8 Å². The molecule has 0 aliphatic carbocycles. The summed E-state index contributed by atoms with van der Waals surface area (Å²) >= 11 is 0.